The lowest BCUT2D eigenvalue weighted by molar-refractivity contribution is -0.137. The van der Waals surface area contributed by atoms with Crippen LogP contribution in [-0.2, 0) is 19.1 Å². The maximum absolute atomic E-state index is 13.0. The number of hydrogen-bond acceptors (Lipinski definition) is 3. The molecule has 0 saturated heterocycles. The van der Waals surface area contributed by atoms with Crippen LogP contribution in [0.3, 0.4) is 0 Å². The van der Waals surface area contributed by atoms with Crippen LogP contribution in [0.5, 0.6) is 0 Å². The van der Waals surface area contributed by atoms with Crippen molar-refractivity contribution >= 4 is 30.0 Å². The highest BCUT2D eigenvalue weighted by molar-refractivity contribution is 7.99. The second-order valence-electron chi connectivity index (χ2n) is 9.99. The second kappa shape index (κ2) is 21.1. The number of alkyl halides is 3. The Hall–Kier alpha value is -3.68. The first-order valence-corrected chi connectivity index (χ1v) is 15.7. The molecule has 0 spiro atoms. The molecule has 0 aliphatic carbocycles. The number of aryl methyl sites for hydroxylation is 2. The number of hydrogen-bond donors (Lipinski definition) is 1. The molecule has 0 fully saturated rings. The van der Waals surface area contributed by atoms with Gasteiger partial charge in [0.2, 0.25) is 0 Å². The van der Waals surface area contributed by atoms with Crippen molar-refractivity contribution in [3.63, 3.8) is 0 Å². The van der Waals surface area contributed by atoms with E-state index in [1.54, 1.807) is 12.3 Å². The minimum absolute atomic E-state index is 0.116. The van der Waals surface area contributed by atoms with E-state index in [-0.39, 0.29) is 17.7 Å². The van der Waals surface area contributed by atoms with E-state index in [0.29, 0.717) is 11.4 Å². The van der Waals surface area contributed by atoms with Gasteiger partial charge in [-0.15, -0.1) is 0 Å². The van der Waals surface area contributed by atoms with Gasteiger partial charge in [-0.1, -0.05) is 118 Å². The fourth-order valence-electron chi connectivity index (χ4n) is 4.19. The largest absolute Gasteiger partial charge is 0.416 e. The van der Waals surface area contributed by atoms with Gasteiger partial charge in [-0.25, -0.2) is 0 Å². The molecule has 2 nitrogen and oxygen atoms in total. The quantitative estimate of drug-likeness (QED) is 0.272. The molecule has 0 atom stereocenters. The number of nitrogens with zero attached hydrogens (tertiary/aromatic N) is 1. The third kappa shape index (κ3) is 13.9. The van der Waals surface area contributed by atoms with E-state index in [0.717, 1.165) is 35.8 Å². The van der Waals surface area contributed by atoms with E-state index < -0.39 is 11.7 Å². The Morgan fingerprint density at radius 3 is 2.02 bits per heavy atom. The third-order valence-corrected chi connectivity index (χ3v) is 7.14. The standard InChI is InChI=1S/C17H18FNS.C10H15N.C9H7F3.C2H6/c1-12-8-15(16-7-5-4-6-13(16)2)9-14(3)17(20-18)11-19-10-12;1-3-9-4-6-10(7-5-9)8-11-2;1-2-7-5-3-4-6-8(7)9(10,11)12;1-2/h4-9,11H,10H2,1-3H3;4-7,11H,3,8H2,1-2H3;2-6H,1H2;1-2H3/b12-8-,15-9+,17-14-,19-11?;;;. The second-order valence-corrected chi connectivity index (χ2v) is 10.6. The maximum atomic E-state index is 13.0. The molecule has 3 aromatic carbocycles. The van der Waals surface area contributed by atoms with Crippen LogP contribution in [0.2, 0.25) is 0 Å². The molecule has 0 saturated carbocycles. The van der Waals surface area contributed by atoms with E-state index in [2.05, 4.69) is 73.2 Å². The molecule has 0 bridgehead atoms. The van der Waals surface area contributed by atoms with Gasteiger partial charge in [0.1, 0.15) is 0 Å². The summed E-state index contributed by atoms with van der Waals surface area (Å²) in [5.74, 6) is 0. The van der Waals surface area contributed by atoms with Gasteiger partial charge in [-0.3, -0.25) is 4.99 Å². The Kier molecular flexibility index (Phi) is 18.5. The topological polar surface area (TPSA) is 24.4 Å². The maximum Gasteiger partial charge on any atom is 0.416 e. The van der Waals surface area contributed by atoms with Crippen molar-refractivity contribution in [2.75, 3.05) is 13.6 Å². The minimum Gasteiger partial charge on any atom is -0.316 e. The Labute approximate surface area is 272 Å². The van der Waals surface area contributed by atoms with E-state index in [4.69, 9.17) is 0 Å². The molecule has 0 amide bonds. The molecule has 4 rings (SSSR count). The molecule has 1 aliphatic heterocycles. The fourth-order valence-corrected chi connectivity index (χ4v) is 4.49. The van der Waals surface area contributed by atoms with Crippen LogP contribution in [0.4, 0.5) is 17.1 Å². The number of halogens is 4. The van der Waals surface area contributed by atoms with Crippen molar-refractivity contribution in [3.05, 3.63) is 141 Å². The van der Waals surface area contributed by atoms with Gasteiger partial charge in [-0.05, 0) is 79.3 Å². The molecule has 1 aliphatic rings. The lowest BCUT2D eigenvalue weighted by Gasteiger charge is -2.09. The lowest BCUT2D eigenvalue weighted by Crippen LogP contribution is -2.06. The van der Waals surface area contributed by atoms with E-state index >= 15 is 0 Å². The molecular formula is C38H46F4N2S. The first-order chi connectivity index (χ1) is 21.5. The predicted octanol–water partition coefficient (Wildman–Crippen LogP) is 11.6. The molecule has 45 heavy (non-hydrogen) atoms. The van der Waals surface area contributed by atoms with Crippen LogP contribution in [0.1, 0.15) is 68.0 Å². The Morgan fingerprint density at radius 1 is 0.889 bits per heavy atom. The Balaban J connectivity index is 0.000000349. The van der Waals surface area contributed by atoms with Crippen LogP contribution >= 0.6 is 12.1 Å². The molecule has 0 radical (unpaired) electrons. The number of nitrogens with one attached hydrogen (secondary N) is 1. The van der Waals surface area contributed by atoms with Gasteiger partial charge in [0.05, 0.1) is 29.2 Å². The zero-order chi connectivity index (χ0) is 33.8. The Morgan fingerprint density at radius 2 is 1.49 bits per heavy atom. The van der Waals surface area contributed by atoms with Gasteiger partial charge in [0, 0.05) is 12.8 Å². The minimum atomic E-state index is -4.29. The number of allylic oxidation sites excluding steroid dienone is 5. The van der Waals surface area contributed by atoms with Crippen LogP contribution in [0.15, 0.2) is 113 Å². The predicted molar refractivity (Wildman–Crippen MR) is 189 cm³/mol. The van der Waals surface area contributed by atoms with Crippen molar-refractivity contribution in [3.8, 4) is 0 Å². The van der Waals surface area contributed by atoms with Gasteiger partial charge in [0.15, 0.2) is 0 Å². The summed E-state index contributed by atoms with van der Waals surface area (Å²) in [6, 6.07) is 22.3. The van der Waals surface area contributed by atoms with Crippen molar-refractivity contribution < 1.29 is 17.1 Å². The molecule has 242 valence electrons. The molecular weight excluding hydrogens is 592 g/mol. The van der Waals surface area contributed by atoms with Gasteiger partial charge >= 0.3 is 6.18 Å². The first-order valence-electron chi connectivity index (χ1n) is 15.0. The summed E-state index contributed by atoms with van der Waals surface area (Å²) in [5.41, 5.74) is 7.79. The fraction of sp³-hybridized carbons (Fsp3) is 0.289. The van der Waals surface area contributed by atoms with E-state index in [1.807, 2.05) is 53.0 Å². The van der Waals surface area contributed by atoms with Crippen LogP contribution in [0, 0.1) is 6.92 Å². The molecule has 0 unspecified atom stereocenters. The van der Waals surface area contributed by atoms with Crippen molar-refractivity contribution in [2.24, 2.45) is 4.99 Å². The lowest BCUT2D eigenvalue weighted by atomic mass is 9.97. The molecule has 3 aromatic rings. The van der Waals surface area contributed by atoms with E-state index in [1.165, 1.54) is 40.5 Å². The normalized spacial score (nSPS) is 16.7. The zero-order valence-electron chi connectivity index (χ0n) is 27.4. The van der Waals surface area contributed by atoms with Crippen LogP contribution < -0.4 is 5.32 Å². The highest BCUT2D eigenvalue weighted by atomic mass is 32.2. The average Bonchev–Trinajstić information content (AvgIpc) is 3.11. The molecule has 1 N–H and O–H groups in total. The summed E-state index contributed by atoms with van der Waals surface area (Å²) in [4.78, 5) is 4.85. The van der Waals surface area contributed by atoms with Crippen molar-refractivity contribution in [1.82, 2.24) is 5.32 Å². The van der Waals surface area contributed by atoms with E-state index in [9.17, 15) is 17.1 Å². The Bertz CT molecular complexity index is 1450. The van der Waals surface area contributed by atoms with Crippen LogP contribution in [0.25, 0.3) is 11.6 Å². The molecule has 0 aromatic heterocycles. The van der Waals surface area contributed by atoms with Gasteiger partial charge in [-0.2, -0.15) is 17.1 Å². The number of benzene rings is 3. The summed E-state index contributed by atoms with van der Waals surface area (Å²) < 4.78 is 49.6. The van der Waals surface area contributed by atoms with Crippen LogP contribution in [-0.4, -0.2) is 19.8 Å². The monoisotopic (exact) mass is 638 g/mol. The first kappa shape index (κ1) is 39.3. The third-order valence-electron chi connectivity index (χ3n) is 6.55. The number of aliphatic imine (C=N–C) groups is 1. The highest BCUT2D eigenvalue weighted by Gasteiger charge is 2.32. The number of rotatable bonds is 6. The molecule has 7 heteroatoms. The summed E-state index contributed by atoms with van der Waals surface area (Å²) >= 11 is 0.251. The SMILES string of the molecule is C/C1=C/C(c2ccccc2C)=C\C(C)=C(/SF)C=NC1.C=Cc1ccccc1C(F)(F)F.CC.CCc1ccc(CNC)cc1. The zero-order valence-corrected chi connectivity index (χ0v) is 28.2. The summed E-state index contributed by atoms with van der Waals surface area (Å²) in [6.45, 7) is 17.1. The summed E-state index contributed by atoms with van der Waals surface area (Å²) in [7, 11) is 1.97. The van der Waals surface area contributed by atoms with Gasteiger partial charge in [0.25, 0.3) is 0 Å². The van der Waals surface area contributed by atoms with Crippen molar-refractivity contribution in [2.45, 2.75) is 60.7 Å². The average molecular weight is 639 g/mol. The highest BCUT2D eigenvalue weighted by Crippen LogP contribution is 2.32. The smallest absolute Gasteiger partial charge is 0.316 e. The summed E-state index contributed by atoms with van der Waals surface area (Å²) in [6.07, 6.45) is 3.82. The van der Waals surface area contributed by atoms with Gasteiger partial charge < -0.3 is 5.32 Å². The summed E-state index contributed by atoms with van der Waals surface area (Å²) in [5, 5.41) is 3.12. The van der Waals surface area contributed by atoms with Crippen molar-refractivity contribution in [1.29, 1.82) is 0 Å². The molecule has 1 heterocycles.